The molecule has 0 unspecified atom stereocenters. The third kappa shape index (κ3) is 2.99. The van der Waals surface area contributed by atoms with Gasteiger partial charge >= 0.3 is 7.12 Å². The standard InChI is InChI=1S/C12H11BN2O2/c16-13(17)11-8-4-5-9-12(11)15-14-10-6-2-1-3-7-10/h1-9,16-17H/b15-14+. The van der Waals surface area contributed by atoms with Gasteiger partial charge in [0.2, 0.25) is 0 Å². The third-order valence-electron chi connectivity index (χ3n) is 2.24. The zero-order chi connectivity index (χ0) is 12.1. The first-order valence-corrected chi connectivity index (χ1v) is 5.19. The molecule has 0 bridgehead atoms. The average Bonchev–Trinajstić information content (AvgIpc) is 2.38. The van der Waals surface area contributed by atoms with Crippen LogP contribution in [-0.4, -0.2) is 17.2 Å². The van der Waals surface area contributed by atoms with Crippen molar-refractivity contribution in [2.75, 3.05) is 0 Å². The van der Waals surface area contributed by atoms with Crippen LogP contribution in [0.2, 0.25) is 0 Å². The van der Waals surface area contributed by atoms with Crippen LogP contribution in [0.25, 0.3) is 0 Å². The number of rotatable bonds is 3. The second kappa shape index (κ2) is 5.38. The van der Waals surface area contributed by atoms with Crippen LogP contribution in [0.1, 0.15) is 0 Å². The maximum atomic E-state index is 9.16. The summed E-state index contributed by atoms with van der Waals surface area (Å²) in [6.07, 6.45) is 0. The van der Waals surface area contributed by atoms with E-state index in [0.717, 1.165) is 5.69 Å². The Kier molecular flexibility index (Phi) is 3.64. The summed E-state index contributed by atoms with van der Waals surface area (Å²) in [6.45, 7) is 0. The number of azo groups is 1. The van der Waals surface area contributed by atoms with Crippen LogP contribution in [0.5, 0.6) is 0 Å². The molecule has 17 heavy (non-hydrogen) atoms. The molecule has 0 saturated heterocycles. The summed E-state index contributed by atoms with van der Waals surface area (Å²) in [5.74, 6) is 0. The van der Waals surface area contributed by atoms with Crippen molar-refractivity contribution in [3.05, 3.63) is 54.6 Å². The quantitative estimate of drug-likeness (QED) is 0.618. The van der Waals surface area contributed by atoms with Crippen molar-refractivity contribution in [3.63, 3.8) is 0 Å². The minimum atomic E-state index is -1.54. The van der Waals surface area contributed by atoms with Gasteiger partial charge in [-0.3, -0.25) is 0 Å². The van der Waals surface area contributed by atoms with E-state index < -0.39 is 7.12 Å². The lowest BCUT2D eigenvalue weighted by atomic mass is 9.79. The molecule has 2 aromatic rings. The van der Waals surface area contributed by atoms with Crippen LogP contribution in [0.3, 0.4) is 0 Å². The van der Waals surface area contributed by atoms with Gasteiger partial charge in [0, 0.05) is 5.46 Å². The molecule has 0 heterocycles. The van der Waals surface area contributed by atoms with E-state index in [9.17, 15) is 0 Å². The molecular formula is C12H11BN2O2. The highest BCUT2D eigenvalue weighted by atomic mass is 16.4. The zero-order valence-electron chi connectivity index (χ0n) is 9.06. The van der Waals surface area contributed by atoms with Crippen LogP contribution in [0.15, 0.2) is 64.8 Å². The van der Waals surface area contributed by atoms with Gasteiger partial charge in [-0.1, -0.05) is 36.4 Å². The van der Waals surface area contributed by atoms with Crippen LogP contribution in [-0.2, 0) is 0 Å². The van der Waals surface area contributed by atoms with E-state index in [1.165, 1.54) is 0 Å². The molecule has 0 aromatic heterocycles. The van der Waals surface area contributed by atoms with Gasteiger partial charge in [0.1, 0.15) is 0 Å². The SMILES string of the molecule is OB(O)c1ccccc1/N=N/c1ccccc1. The highest BCUT2D eigenvalue weighted by molar-refractivity contribution is 6.60. The summed E-state index contributed by atoms with van der Waals surface area (Å²) in [4.78, 5) is 0. The minimum Gasteiger partial charge on any atom is -0.423 e. The van der Waals surface area contributed by atoms with Crippen LogP contribution >= 0.6 is 0 Å². The van der Waals surface area contributed by atoms with Crippen molar-refractivity contribution >= 4 is 24.0 Å². The first kappa shape index (κ1) is 11.5. The number of hydrogen-bond donors (Lipinski definition) is 2. The Balaban J connectivity index is 2.27. The predicted molar refractivity (Wildman–Crippen MR) is 66.9 cm³/mol. The first-order chi connectivity index (χ1) is 8.27. The molecule has 0 fully saturated rings. The van der Waals surface area contributed by atoms with Gasteiger partial charge in [-0.15, -0.1) is 0 Å². The molecule has 0 atom stereocenters. The first-order valence-electron chi connectivity index (χ1n) is 5.19. The molecule has 84 valence electrons. The maximum absolute atomic E-state index is 9.16. The monoisotopic (exact) mass is 226 g/mol. The minimum absolute atomic E-state index is 0.340. The topological polar surface area (TPSA) is 65.2 Å². The maximum Gasteiger partial charge on any atom is 0.490 e. The molecule has 5 heteroatoms. The van der Waals surface area contributed by atoms with Crippen molar-refractivity contribution < 1.29 is 10.0 Å². The van der Waals surface area contributed by atoms with E-state index in [4.69, 9.17) is 10.0 Å². The van der Waals surface area contributed by atoms with Gasteiger partial charge in [0.25, 0.3) is 0 Å². The Morgan fingerprint density at radius 3 is 2.12 bits per heavy atom. The Morgan fingerprint density at radius 2 is 1.41 bits per heavy atom. The molecule has 2 rings (SSSR count). The normalized spacial score (nSPS) is 10.7. The Morgan fingerprint density at radius 1 is 0.765 bits per heavy atom. The molecular weight excluding hydrogens is 215 g/mol. The van der Waals surface area contributed by atoms with Crippen molar-refractivity contribution in [1.29, 1.82) is 0 Å². The predicted octanol–water partition coefficient (Wildman–Crippen LogP) is 1.78. The Labute approximate surface area is 99.4 Å². The fourth-order valence-electron chi connectivity index (χ4n) is 1.40. The Bertz CT molecular complexity index is 515. The molecule has 2 aromatic carbocycles. The third-order valence-corrected chi connectivity index (χ3v) is 2.24. The molecule has 0 aliphatic rings. The van der Waals surface area contributed by atoms with E-state index in [0.29, 0.717) is 11.2 Å². The summed E-state index contributed by atoms with van der Waals surface area (Å²) in [6, 6.07) is 16.0. The van der Waals surface area contributed by atoms with Gasteiger partial charge in [-0.05, 0) is 18.2 Å². The van der Waals surface area contributed by atoms with Gasteiger partial charge in [-0.25, -0.2) is 0 Å². The van der Waals surface area contributed by atoms with Crippen molar-refractivity contribution in [2.45, 2.75) is 0 Å². The molecule has 0 spiro atoms. The highest BCUT2D eigenvalue weighted by Crippen LogP contribution is 2.15. The molecule has 0 amide bonds. The van der Waals surface area contributed by atoms with E-state index in [-0.39, 0.29) is 0 Å². The van der Waals surface area contributed by atoms with Crippen LogP contribution in [0.4, 0.5) is 11.4 Å². The lowest BCUT2D eigenvalue weighted by molar-refractivity contribution is 0.426. The highest BCUT2D eigenvalue weighted by Gasteiger charge is 2.14. The summed E-state index contributed by atoms with van der Waals surface area (Å²) in [5, 5.41) is 26.3. The van der Waals surface area contributed by atoms with Crippen LogP contribution in [0, 0.1) is 0 Å². The number of nitrogens with zero attached hydrogens (tertiary/aromatic N) is 2. The Hall–Kier alpha value is -1.98. The van der Waals surface area contributed by atoms with Crippen molar-refractivity contribution in [3.8, 4) is 0 Å². The van der Waals surface area contributed by atoms with Gasteiger partial charge in [-0.2, -0.15) is 10.2 Å². The van der Waals surface area contributed by atoms with E-state index in [1.54, 1.807) is 24.3 Å². The fraction of sp³-hybridized carbons (Fsp3) is 0. The molecule has 0 aliphatic heterocycles. The van der Waals surface area contributed by atoms with Gasteiger partial charge in [0.05, 0.1) is 11.4 Å². The van der Waals surface area contributed by atoms with E-state index in [1.807, 2.05) is 30.3 Å². The molecule has 0 saturated carbocycles. The van der Waals surface area contributed by atoms with Gasteiger partial charge < -0.3 is 10.0 Å². The van der Waals surface area contributed by atoms with E-state index in [2.05, 4.69) is 10.2 Å². The molecule has 2 N–H and O–H groups in total. The van der Waals surface area contributed by atoms with Gasteiger partial charge in [0.15, 0.2) is 0 Å². The number of hydrogen-bond acceptors (Lipinski definition) is 4. The lowest BCUT2D eigenvalue weighted by Gasteiger charge is -2.02. The van der Waals surface area contributed by atoms with E-state index >= 15 is 0 Å². The van der Waals surface area contributed by atoms with Crippen LogP contribution < -0.4 is 5.46 Å². The average molecular weight is 226 g/mol. The summed E-state index contributed by atoms with van der Waals surface area (Å²) in [7, 11) is -1.54. The fourth-order valence-corrected chi connectivity index (χ4v) is 1.40. The summed E-state index contributed by atoms with van der Waals surface area (Å²) >= 11 is 0. The summed E-state index contributed by atoms with van der Waals surface area (Å²) in [5.41, 5.74) is 1.51. The molecule has 4 nitrogen and oxygen atoms in total. The van der Waals surface area contributed by atoms with Crippen molar-refractivity contribution in [2.24, 2.45) is 10.2 Å². The second-order valence-corrected chi connectivity index (χ2v) is 3.47. The summed E-state index contributed by atoms with van der Waals surface area (Å²) < 4.78 is 0. The molecule has 0 aliphatic carbocycles. The zero-order valence-corrected chi connectivity index (χ0v) is 9.06. The number of benzene rings is 2. The molecule has 0 radical (unpaired) electrons. The lowest BCUT2D eigenvalue weighted by Crippen LogP contribution is -2.29. The largest absolute Gasteiger partial charge is 0.490 e. The van der Waals surface area contributed by atoms with Crippen molar-refractivity contribution in [1.82, 2.24) is 0 Å². The smallest absolute Gasteiger partial charge is 0.423 e. The second-order valence-electron chi connectivity index (χ2n) is 3.47.